The van der Waals surface area contributed by atoms with Gasteiger partial charge in [-0.2, -0.15) is 0 Å². The number of fused-ring (bicyclic) bond motifs is 1. The van der Waals surface area contributed by atoms with E-state index in [4.69, 9.17) is 11.6 Å². The van der Waals surface area contributed by atoms with Crippen molar-refractivity contribution in [3.05, 3.63) is 54.5 Å². The maximum atomic E-state index is 6.45. The van der Waals surface area contributed by atoms with Crippen molar-refractivity contribution in [2.75, 3.05) is 7.05 Å². The molecule has 2 heterocycles. The molecule has 0 aliphatic carbocycles. The highest BCUT2D eigenvalue weighted by molar-refractivity contribution is 9.10. The van der Waals surface area contributed by atoms with E-state index in [1.54, 1.807) is 22.7 Å². The monoisotopic (exact) mass is 385 g/mol. The van der Waals surface area contributed by atoms with E-state index >= 15 is 0 Å². The zero-order valence-electron chi connectivity index (χ0n) is 11.0. The normalized spacial score (nSPS) is 13.0. The van der Waals surface area contributed by atoms with Crippen LogP contribution in [0.25, 0.3) is 10.1 Å². The van der Waals surface area contributed by atoms with E-state index in [0.29, 0.717) is 0 Å². The van der Waals surface area contributed by atoms with Gasteiger partial charge in [-0.1, -0.05) is 23.7 Å². The van der Waals surface area contributed by atoms with Gasteiger partial charge in [-0.25, -0.2) is 0 Å². The van der Waals surface area contributed by atoms with Crippen molar-refractivity contribution in [3.63, 3.8) is 0 Å². The molecule has 0 radical (unpaired) electrons. The molecule has 0 aliphatic rings. The van der Waals surface area contributed by atoms with Crippen molar-refractivity contribution in [2.24, 2.45) is 0 Å². The SMILES string of the molecule is CNC(c1scc(C)c1Cl)c1csc2c(Br)cccc12. The van der Waals surface area contributed by atoms with Gasteiger partial charge < -0.3 is 5.32 Å². The quantitative estimate of drug-likeness (QED) is 0.582. The van der Waals surface area contributed by atoms with E-state index in [9.17, 15) is 0 Å². The zero-order chi connectivity index (χ0) is 14.3. The van der Waals surface area contributed by atoms with Gasteiger partial charge in [0.15, 0.2) is 0 Å². The molecule has 1 atom stereocenters. The van der Waals surface area contributed by atoms with Crippen molar-refractivity contribution in [2.45, 2.75) is 13.0 Å². The van der Waals surface area contributed by atoms with Crippen molar-refractivity contribution in [3.8, 4) is 0 Å². The zero-order valence-corrected chi connectivity index (χ0v) is 15.0. The van der Waals surface area contributed by atoms with Crippen LogP contribution < -0.4 is 5.32 Å². The number of aryl methyl sites for hydroxylation is 1. The Hall–Kier alpha value is -0.390. The van der Waals surface area contributed by atoms with Crippen molar-refractivity contribution >= 4 is 60.3 Å². The van der Waals surface area contributed by atoms with Gasteiger partial charge in [-0.15, -0.1) is 22.7 Å². The summed E-state index contributed by atoms with van der Waals surface area (Å²) in [6, 6.07) is 6.48. The third-order valence-electron chi connectivity index (χ3n) is 3.37. The van der Waals surface area contributed by atoms with Crippen LogP contribution in [-0.2, 0) is 0 Å². The standard InChI is InChI=1S/C15H13BrClNS2/c1-8-6-19-15(12(8)17)13(18-2)10-7-20-14-9(10)4-3-5-11(14)16/h3-7,13,18H,1-2H3. The molecule has 0 saturated heterocycles. The van der Waals surface area contributed by atoms with Gasteiger partial charge in [-0.05, 0) is 63.2 Å². The molecule has 5 heteroatoms. The Morgan fingerprint density at radius 3 is 2.70 bits per heavy atom. The fourth-order valence-electron chi connectivity index (χ4n) is 2.34. The molecular weight excluding hydrogens is 374 g/mol. The van der Waals surface area contributed by atoms with Gasteiger partial charge in [0.1, 0.15) is 0 Å². The molecule has 0 saturated carbocycles. The number of thiophene rings is 2. The summed E-state index contributed by atoms with van der Waals surface area (Å²) in [5.74, 6) is 0. The minimum Gasteiger partial charge on any atom is -0.309 e. The Kier molecular flexibility index (Phi) is 4.20. The third-order valence-corrected chi connectivity index (χ3v) is 7.12. The molecule has 104 valence electrons. The van der Waals surface area contributed by atoms with Gasteiger partial charge in [0.2, 0.25) is 0 Å². The lowest BCUT2D eigenvalue weighted by atomic mass is 10.0. The van der Waals surface area contributed by atoms with Crippen LogP contribution in [0.1, 0.15) is 22.0 Å². The first-order chi connectivity index (χ1) is 9.63. The predicted molar refractivity (Wildman–Crippen MR) is 94.5 cm³/mol. The van der Waals surface area contributed by atoms with E-state index in [1.165, 1.54) is 20.5 Å². The molecule has 20 heavy (non-hydrogen) atoms. The predicted octanol–water partition coefficient (Wildman–Crippen LogP) is 6.00. The summed E-state index contributed by atoms with van der Waals surface area (Å²) < 4.78 is 2.43. The summed E-state index contributed by atoms with van der Waals surface area (Å²) in [5.41, 5.74) is 2.44. The van der Waals surface area contributed by atoms with Crippen LogP contribution in [0.15, 0.2) is 33.4 Å². The smallest absolute Gasteiger partial charge is 0.0698 e. The summed E-state index contributed by atoms with van der Waals surface area (Å²) in [6.07, 6.45) is 0. The Balaban J connectivity index is 2.17. The van der Waals surface area contributed by atoms with E-state index in [-0.39, 0.29) is 6.04 Å². The molecule has 3 rings (SSSR count). The maximum absolute atomic E-state index is 6.45. The van der Waals surface area contributed by atoms with Crippen molar-refractivity contribution in [1.82, 2.24) is 5.32 Å². The molecule has 1 nitrogen and oxygen atoms in total. The van der Waals surface area contributed by atoms with Gasteiger partial charge >= 0.3 is 0 Å². The molecule has 0 amide bonds. The lowest BCUT2D eigenvalue weighted by Crippen LogP contribution is -2.16. The molecule has 1 aromatic carbocycles. The fourth-order valence-corrected chi connectivity index (χ4v) is 5.41. The van der Waals surface area contributed by atoms with Crippen LogP contribution in [0.4, 0.5) is 0 Å². The average molecular weight is 387 g/mol. The lowest BCUT2D eigenvalue weighted by Gasteiger charge is -2.15. The second-order valence-electron chi connectivity index (χ2n) is 4.63. The van der Waals surface area contributed by atoms with Crippen molar-refractivity contribution in [1.29, 1.82) is 0 Å². The third kappa shape index (κ3) is 2.34. The van der Waals surface area contributed by atoms with E-state index < -0.39 is 0 Å². The molecule has 1 unspecified atom stereocenters. The Morgan fingerprint density at radius 2 is 2.05 bits per heavy atom. The Bertz CT molecular complexity index is 762. The summed E-state index contributed by atoms with van der Waals surface area (Å²) in [7, 11) is 1.98. The van der Waals surface area contributed by atoms with Crippen LogP contribution in [0.5, 0.6) is 0 Å². The fraction of sp³-hybridized carbons (Fsp3) is 0.200. The molecule has 3 aromatic rings. The van der Waals surface area contributed by atoms with E-state index in [2.05, 4.69) is 57.1 Å². The number of nitrogens with one attached hydrogen (secondary N) is 1. The molecule has 0 bridgehead atoms. The highest BCUT2D eigenvalue weighted by Crippen LogP contribution is 2.41. The van der Waals surface area contributed by atoms with Crippen LogP contribution in [-0.4, -0.2) is 7.05 Å². The molecule has 0 fully saturated rings. The van der Waals surface area contributed by atoms with Gasteiger partial charge in [0, 0.05) is 14.0 Å². The Labute approximate surface area is 139 Å². The second kappa shape index (κ2) is 5.78. The molecule has 0 spiro atoms. The number of halogens is 2. The van der Waals surface area contributed by atoms with Crippen LogP contribution in [0, 0.1) is 6.92 Å². The molecular formula is C15H13BrClNS2. The topological polar surface area (TPSA) is 12.0 Å². The van der Waals surface area contributed by atoms with Gasteiger partial charge in [0.05, 0.1) is 11.1 Å². The first kappa shape index (κ1) is 14.5. The first-order valence-corrected chi connectivity index (χ1v) is 9.13. The van der Waals surface area contributed by atoms with Crippen LogP contribution in [0.2, 0.25) is 5.02 Å². The highest BCUT2D eigenvalue weighted by atomic mass is 79.9. The number of benzene rings is 1. The molecule has 0 aliphatic heterocycles. The average Bonchev–Trinajstić information content (AvgIpc) is 3.00. The number of rotatable bonds is 3. The molecule has 1 N–H and O–H groups in total. The maximum Gasteiger partial charge on any atom is 0.0698 e. The number of hydrogen-bond donors (Lipinski definition) is 1. The minimum absolute atomic E-state index is 0.143. The minimum atomic E-state index is 0.143. The van der Waals surface area contributed by atoms with E-state index in [0.717, 1.165) is 15.1 Å². The summed E-state index contributed by atoms with van der Waals surface area (Å²) in [6.45, 7) is 2.05. The molecule has 2 aromatic heterocycles. The summed E-state index contributed by atoms with van der Waals surface area (Å²) >= 11 is 13.6. The largest absolute Gasteiger partial charge is 0.309 e. The summed E-state index contributed by atoms with van der Waals surface area (Å²) in [5, 5.41) is 9.91. The van der Waals surface area contributed by atoms with Crippen molar-refractivity contribution < 1.29 is 0 Å². The highest BCUT2D eigenvalue weighted by Gasteiger charge is 2.21. The van der Waals surface area contributed by atoms with E-state index in [1.807, 2.05) is 7.05 Å². The van der Waals surface area contributed by atoms with Gasteiger partial charge in [-0.3, -0.25) is 0 Å². The van der Waals surface area contributed by atoms with Gasteiger partial charge in [0.25, 0.3) is 0 Å². The lowest BCUT2D eigenvalue weighted by molar-refractivity contribution is 0.711. The van der Waals surface area contributed by atoms with Crippen LogP contribution in [0.3, 0.4) is 0 Å². The van der Waals surface area contributed by atoms with Crippen LogP contribution >= 0.6 is 50.2 Å². The number of hydrogen-bond acceptors (Lipinski definition) is 3. The Morgan fingerprint density at radius 1 is 1.25 bits per heavy atom. The second-order valence-corrected chi connectivity index (χ2v) is 7.65. The summed E-state index contributed by atoms with van der Waals surface area (Å²) in [4.78, 5) is 1.19. The first-order valence-electron chi connectivity index (χ1n) is 6.20.